The minimum atomic E-state index is -0.722. The van der Waals surface area contributed by atoms with Crippen LogP contribution in [0.3, 0.4) is 0 Å². The van der Waals surface area contributed by atoms with Gasteiger partial charge in [-0.15, -0.1) is 11.8 Å². The van der Waals surface area contributed by atoms with Crippen LogP contribution in [-0.2, 0) is 5.75 Å². The summed E-state index contributed by atoms with van der Waals surface area (Å²) in [6.07, 6.45) is 0. The fourth-order valence-electron chi connectivity index (χ4n) is 0.598. The van der Waals surface area contributed by atoms with Gasteiger partial charge >= 0.3 is 0 Å². The molecule has 0 aliphatic heterocycles. The molecule has 0 bridgehead atoms. The number of thioether (sulfide) groups is 1. The van der Waals surface area contributed by atoms with Crippen molar-refractivity contribution in [1.29, 1.82) is 5.26 Å². The molecule has 0 radical (unpaired) electrons. The number of rotatable bonds is 4. The van der Waals surface area contributed by atoms with E-state index in [1.807, 2.05) is 6.07 Å². The third-order valence-corrected chi connectivity index (χ3v) is 1.86. The lowest BCUT2D eigenvalue weighted by Crippen LogP contribution is -2.12. The molecular formula is C6H6N4O2S. The van der Waals surface area contributed by atoms with E-state index < -0.39 is 5.91 Å². The quantitative estimate of drug-likeness (QED) is 0.678. The molecule has 13 heavy (non-hydrogen) atoms. The standard InChI is InChI=1S/C6H6N4O2S/c7-1-2-13-3-4-9-6(5(8)11)10-12-4/h2-3H2,(H2,8,11). The lowest BCUT2D eigenvalue weighted by atomic mass is 10.6. The summed E-state index contributed by atoms with van der Waals surface area (Å²) in [7, 11) is 0. The Morgan fingerprint density at radius 2 is 2.54 bits per heavy atom. The van der Waals surface area contributed by atoms with E-state index in [1.54, 1.807) is 0 Å². The minimum Gasteiger partial charge on any atom is -0.363 e. The van der Waals surface area contributed by atoms with E-state index in [9.17, 15) is 4.79 Å². The SMILES string of the molecule is N#CCSCc1nc(C(N)=O)no1. The Kier molecular flexibility index (Phi) is 3.28. The number of nitriles is 1. The van der Waals surface area contributed by atoms with Crippen molar-refractivity contribution in [2.24, 2.45) is 5.73 Å². The molecule has 0 aliphatic carbocycles. The highest BCUT2D eigenvalue weighted by atomic mass is 32.2. The average Bonchev–Trinajstić information content (AvgIpc) is 2.53. The van der Waals surface area contributed by atoms with Gasteiger partial charge in [-0.05, 0) is 0 Å². The Bertz CT molecular complexity index is 343. The van der Waals surface area contributed by atoms with E-state index >= 15 is 0 Å². The number of aromatic nitrogens is 2. The summed E-state index contributed by atoms with van der Waals surface area (Å²) in [4.78, 5) is 14.2. The maximum Gasteiger partial charge on any atom is 0.290 e. The van der Waals surface area contributed by atoms with Crippen molar-refractivity contribution < 1.29 is 9.32 Å². The number of nitrogens with zero attached hydrogens (tertiary/aromatic N) is 3. The van der Waals surface area contributed by atoms with Crippen LogP contribution >= 0.6 is 11.8 Å². The van der Waals surface area contributed by atoms with E-state index in [0.717, 1.165) is 0 Å². The first-order valence-electron chi connectivity index (χ1n) is 3.31. The average molecular weight is 198 g/mol. The highest BCUT2D eigenvalue weighted by molar-refractivity contribution is 7.98. The van der Waals surface area contributed by atoms with Gasteiger partial charge in [0, 0.05) is 0 Å². The third-order valence-electron chi connectivity index (χ3n) is 1.08. The summed E-state index contributed by atoms with van der Waals surface area (Å²) in [5, 5.41) is 11.6. The third kappa shape index (κ3) is 2.76. The highest BCUT2D eigenvalue weighted by Gasteiger charge is 2.10. The Labute approximate surface area is 78.1 Å². The molecule has 1 aromatic rings. The molecule has 68 valence electrons. The van der Waals surface area contributed by atoms with Crippen molar-refractivity contribution in [2.45, 2.75) is 5.75 Å². The molecule has 2 N–H and O–H groups in total. The fraction of sp³-hybridized carbons (Fsp3) is 0.333. The van der Waals surface area contributed by atoms with Gasteiger partial charge in [-0.25, -0.2) is 0 Å². The molecule has 0 saturated carbocycles. The first-order chi connectivity index (χ1) is 6.24. The number of carbonyl (C=O) groups is 1. The summed E-state index contributed by atoms with van der Waals surface area (Å²) < 4.78 is 4.68. The molecule has 0 aliphatic rings. The van der Waals surface area contributed by atoms with Crippen LogP contribution in [0.15, 0.2) is 4.52 Å². The summed E-state index contributed by atoms with van der Waals surface area (Å²) in [5.74, 6) is 0.198. The van der Waals surface area contributed by atoms with Crippen LogP contribution in [-0.4, -0.2) is 21.8 Å². The molecule has 0 fully saturated rings. The largest absolute Gasteiger partial charge is 0.363 e. The van der Waals surface area contributed by atoms with E-state index in [0.29, 0.717) is 17.4 Å². The van der Waals surface area contributed by atoms with Gasteiger partial charge in [0.25, 0.3) is 11.7 Å². The van der Waals surface area contributed by atoms with E-state index in [2.05, 4.69) is 14.7 Å². The van der Waals surface area contributed by atoms with Crippen LogP contribution < -0.4 is 5.73 Å². The Morgan fingerprint density at radius 3 is 3.08 bits per heavy atom. The Hall–Kier alpha value is -1.55. The number of hydrogen-bond acceptors (Lipinski definition) is 6. The van der Waals surface area contributed by atoms with Gasteiger partial charge in [0.1, 0.15) is 0 Å². The number of carbonyl (C=O) groups excluding carboxylic acids is 1. The molecular weight excluding hydrogens is 192 g/mol. The van der Waals surface area contributed by atoms with Crippen LogP contribution in [0.1, 0.15) is 16.5 Å². The van der Waals surface area contributed by atoms with Crippen molar-refractivity contribution in [2.75, 3.05) is 5.75 Å². The maximum absolute atomic E-state index is 10.5. The molecule has 7 heteroatoms. The molecule has 1 aromatic heterocycles. The number of hydrogen-bond donors (Lipinski definition) is 1. The minimum absolute atomic E-state index is 0.132. The topological polar surface area (TPSA) is 106 Å². The van der Waals surface area contributed by atoms with Gasteiger partial charge in [-0.3, -0.25) is 4.79 Å². The monoisotopic (exact) mass is 198 g/mol. The molecule has 0 aromatic carbocycles. The van der Waals surface area contributed by atoms with E-state index in [4.69, 9.17) is 11.0 Å². The second-order valence-electron chi connectivity index (χ2n) is 2.03. The van der Waals surface area contributed by atoms with Crippen LogP contribution in [0.2, 0.25) is 0 Å². The van der Waals surface area contributed by atoms with Crippen LogP contribution in [0.25, 0.3) is 0 Å². The van der Waals surface area contributed by atoms with Gasteiger partial charge in [-0.2, -0.15) is 10.2 Å². The number of primary amides is 1. The van der Waals surface area contributed by atoms with E-state index in [1.165, 1.54) is 11.8 Å². The summed E-state index contributed by atoms with van der Waals surface area (Å²) in [6, 6.07) is 1.95. The lowest BCUT2D eigenvalue weighted by molar-refractivity contribution is 0.0987. The van der Waals surface area contributed by atoms with Crippen molar-refractivity contribution in [3.8, 4) is 6.07 Å². The van der Waals surface area contributed by atoms with Crippen LogP contribution in [0.5, 0.6) is 0 Å². The summed E-state index contributed by atoms with van der Waals surface area (Å²) in [5.41, 5.74) is 4.90. The molecule has 0 atom stereocenters. The smallest absolute Gasteiger partial charge is 0.290 e. The van der Waals surface area contributed by atoms with Crippen LogP contribution in [0, 0.1) is 11.3 Å². The van der Waals surface area contributed by atoms with Gasteiger partial charge in [-0.1, -0.05) is 5.16 Å². The molecule has 0 spiro atoms. The summed E-state index contributed by atoms with van der Waals surface area (Å²) >= 11 is 1.32. The summed E-state index contributed by atoms with van der Waals surface area (Å²) in [6.45, 7) is 0. The first-order valence-corrected chi connectivity index (χ1v) is 4.46. The van der Waals surface area contributed by atoms with Crippen molar-refractivity contribution in [3.63, 3.8) is 0 Å². The van der Waals surface area contributed by atoms with Crippen molar-refractivity contribution in [3.05, 3.63) is 11.7 Å². The van der Waals surface area contributed by atoms with Crippen LogP contribution in [0.4, 0.5) is 0 Å². The van der Waals surface area contributed by atoms with Gasteiger partial charge in [0.2, 0.25) is 5.89 Å². The van der Waals surface area contributed by atoms with Gasteiger partial charge in [0.05, 0.1) is 17.6 Å². The Morgan fingerprint density at radius 1 is 1.77 bits per heavy atom. The Balaban J connectivity index is 2.50. The second-order valence-corrected chi connectivity index (χ2v) is 3.01. The lowest BCUT2D eigenvalue weighted by Gasteiger charge is -1.86. The molecule has 1 heterocycles. The number of amides is 1. The predicted octanol–water partition coefficient (Wildman–Crippen LogP) is -0.0747. The second kappa shape index (κ2) is 4.47. The normalized spacial score (nSPS) is 9.46. The molecule has 1 amide bonds. The molecule has 0 unspecified atom stereocenters. The predicted molar refractivity (Wildman–Crippen MR) is 44.6 cm³/mol. The van der Waals surface area contributed by atoms with Gasteiger partial charge < -0.3 is 10.3 Å². The zero-order valence-electron chi connectivity index (χ0n) is 6.56. The van der Waals surface area contributed by atoms with E-state index in [-0.39, 0.29) is 5.82 Å². The molecule has 1 rings (SSSR count). The maximum atomic E-state index is 10.5. The van der Waals surface area contributed by atoms with Crippen molar-refractivity contribution in [1.82, 2.24) is 10.1 Å². The zero-order valence-corrected chi connectivity index (χ0v) is 7.37. The van der Waals surface area contributed by atoms with Crippen molar-refractivity contribution >= 4 is 17.7 Å². The molecule has 0 saturated heterocycles. The molecule has 6 nitrogen and oxygen atoms in total. The number of nitrogens with two attached hydrogens (primary N) is 1. The highest BCUT2D eigenvalue weighted by Crippen LogP contribution is 2.08. The van der Waals surface area contributed by atoms with Gasteiger partial charge in [0.15, 0.2) is 0 Å². The first kappa shape index (κ1) is 9.54. The zero-order chi connectivity index (χ0) is 9.68. The fourth-order valence-corrected chi connectivity index (χ4v) is 1.08.